The van der Waals surface area contributed by atoms with Gasteiger partial charge in [0.25, 0.3) is 0 Å². The first-order chi connectivity index (χ1) is 13.3. The van der Waals surface area contributed by atoms with Gasteiger partial charge in [0.1, 0.15) is 0 Å². The second-order valence-corrected chi connectivity index (χ2v) is 8.51. The number of carbonyl (C=O) groups excluding carboxylic acids is 1. The van der Waals surface area contributed by atoms with Crippen molar-refractivity contribution in [2.24, 2.45) is 0 Å². The zero-order valence-electron chi connectivity index (χ0n) is 16.8. The minimum absolute atomic E-state index is 0.0254. The minimum Gasteiger partial charge on any atom is -0.352 e. The molecule has 1 saturated heterocycles. The molecular formula is C21H28Cl2N4O. The molecule has 152 valence electrons. The lowest BCUT2D eigenvalue weighted by Gasteiger charge is -2.29. The molecule has 1 aromatic heterocycles. The predicted octanol–water partition coefficient (Wildman–Crippen LogP) is 4.33. The maximum Gasteiger partial charge on any atom is 0.224 e. The Balaban J connectivity index is 1.67. The Labute approximate surface area is 177 Å². The molecule has 1 unspecified atom stereocenters. The fourth-order valence-corrected chi connectivity index (χ4v) is 4.37. The number of aromatic nitrogens is 2. The maximum absolute atomic E-state index is 12.6. The summed E-state index contributed by atoms with van der Waals surface area (Å²) < 4.78 is 1.79. The molecule has 1 atom stereocenters. The number of aryl methyl sites for hydroxylation is 1. The molecule has 1 aliphatic heterocycles. The number of rotatable bonds is 6. The van der Waals surface area contributed by atoms with E-state index in [0.29, 0.717) is 16.5 Å². The van der Waals surface area contributed by atoms with Gasteiger partial charge in [-0.15, -0.1) is 0 Å². The Morgan fingerprint density at radius 2 is 1.93 bits per heavy atom. The average molecular weight is 423 g/mol. The minimum atomic E-state index is 0.0254. The fourth-order valence-electron chi connectivity index (χ4n) is 3.88. The number of benzene rings is 1. The summed E-state index contributed by atoms with van der Waals surface area (Å²) in [4.78, 5) is 15.1. The first-order valence-electron chi connectivity index (χ1n) is 9.87. The van der Waals surface area contributed by atoms with Gasteiger partial charge in [-0.3, -0.25) is 4.79 Å². The van der Waals surface area contributed by atoms with Crippen molar-refractivity contribution in [3.63, 3.8) is 0 Å². The highest BCUT2D eigenvalue weighted by Gasteiger charge is 2.19. The van der Waals surface area contributed by atoms with E-state index in [0.717, 1.165) is 42.3 Å². The Bertz CT molecular complexity index is 843. The van der Waals surface area contributed by atoms with Crippen molar-refractivity contribution in [1.82, 2.24) is 20.0 Å². The number of amides is 1. The van der Waals surface area contributed by atoms with Crippen LogP contribution in [0.4, 0.5) is 0 Å². The lowest BCUT2D eigenvalue weighted by atomic mass is 10.1. The first kappa shape index (κ1) is 21.2. The summed E-state index contributed by atoms with van der Waals surface area (Å²) in [5, 5.41) is 8.85. The number of halogens is 2. The van der Waals surface area contributed by atoms with E-state index in [1.54, 1.807) is 16.8 Å². The number of nitrogens with one attached hydrogen (secondary N) is 1. The van der Waals surface area contributed by atoms with Crippen molar-refractivity contribution in [2.75, 3.05) is 19.6 Å². The zero-order valence-corrected chi connectivity index (χ0v) is 18.3. The van der Waals surface area contributed by atoms with Gasteiger partial charge in [0.05, 0.1) is 22.8 Å². The average Bonchev–Trinajstić information content (AvgIpc) is 2.90. The highest BCUT2D eigenvalue weighted by Crippen LogP contribution is 2.27. The number of piperidine rings is 1. The summed E-state index contributed by atoms with van der Waals surface area (Å²) in [7, 11) is 0. The zero-order chi connectivity index (χ0) is 20.3. The van der Waals surface area contributed by atoms with E-state index in [1.807, 2.05) is 19.9 Å². The molecule has 7 heteroatoms. The molecule has 5 nitrogen and oxygen atoms in total. The monoisotopic (exact) mass is 422 g/mol. The second-order valence-electron chi connectivity index (χ2n) is 7.66. The molecule has 0 aliphatic carbocycles. The van der Waals surface area contributed by atoms with Crippen LogP contribution < -0.4 is 5.32 Å². The summed E-state index contributed by atoms with van der Waals surface area (Å²) >= 11 is 12.3. The van der Waals surface area contributed by atoms with Crippen LogP contribution in [0.15, 0.2) is 18.2 Å². The number of hydrogen-bond acceptors (Lipinski definition) is 3. The molecule has 1 fully saturated rings. The molecule has 3 rings (SSSR count). The van der Waals surface area contributed by atoms with Crippen LogP contribution in [0.2, 0.25) is 10.0 Å². The van der Waals surface area contributed by atoms with Gasteiger partial charge in [-0.1, -0.05) is 29.6 Å². The molecule has 1 N–H and O–H groups in total. The van der Waals surface area contributed by atoms with E-state index in [2.05, 4.69) is 22.2 Å². The second kappa shape index (κ2) is 9.29. The van der Waals surface area contributed by atoms with Gasteiger partial charge in [0.2, 0.25) is 5.91 Å². The van der Waals surface area contributed by atoms with Crippen LogP contribution in [-0.2, 0) is 11.2 Å². The van der Waals surface area contributed by atoms with Gasteiger partial charge < -0.3 is 10.2 Å². The lowest BCUT2D eigenvalue weighted by molar-refractivity contribution is -0.121. The summed E-state index contributed by atoms with van der Waals surface area (Å²) in [6.45, 7) is 9.13. The first-order valence-corrected chi connectivity index (χ1v) is 10.6. The maximum atomic E-state index is 12.6. The van der Waals surface area contributed by atoms with Crippen LogP contribution in [0.5, 0.6) is 0 Å². The summed E-state index contributed by atoms with van der Waals surface area (Å²) in [6.07, 6.45) is 4.14. The third kappa shape index (κ3) is 5.07. The predicted molar refractivity (Wildman–Crippen MR) is 115 cm³/mol. The van der Waals surface area contributed by atoms with E-state index in [9.17, 15) is 4.79 Å². The molecule has 0 bridgehead atoms. The topological polar surface area (TPSA) is 50.2 Å². The third-order valence-corrected chi connectivity index (χ3v) is 5.84. The van der Waals surface area contributed by atoms with Crippen molar-refractivity contribution in [2.45, 2.75) is 52.5 Å². The van der Waals surface area contributed by atoms with E-state index in [-0.39, 0.29) is 11.9 Å². The van der Waals surface area contributed by atoms with Gasteiger partial charge >= 0.3 is 0 Å². The van der Waals surface area contributed by atoms with Crippen LogP contribution >= 0.6 is 23.2 Å². The number of hydrogen-bond donors (Lipinski definition) is 1. The van der Waals surface area contributed by atoms with Crippen molar-refractivity contribution >= 4 is 29.1 Å². The van der Waals surface area contributed by atoms with Crippen LogP contribution in [0.25, 0.3) is 5.69 Å². The van der Waals surface area contributed by atoms with Crippen LogP contribution in [0, 0.1) is 13.8 Å². The number of likely N-dealkylation sites (tertiary alicyclic amines) is 1. The molecule has 28 heavy (non-hydrogen) atoms. The van der Waals surface area contributed by atoms with E-state index < -0.39 is 0 Å². The van der Waals surface area contributed by atoms with Crippen molar-refractivity contribution < 1.29 is 4.79 Å². The molecule has 2 aromatic rings. The Hall–Kier alpha value is -1.56. The standard InChI is InChI=1S/C21H28Cl2N4O/c1-14(13-26-9-5-4-6-10-26)24-21(28)12-18-15(2)25-27(16(18)3)20-8-7-17(22)11-19(20)23/h7-8,11,14H,4-6,9-10,12-13H2,1-3H3,(H,24,28). The van der Waals surface area contributed by atoms with Gasteiger partial charge in [-0.05, 0) is 64.9 Å². The van der Waals surface area contributed by atoms with Crippen molar-refractivity contribution in [3.05, 3.63) is 45.2 Å². The van der Waals surface area contributed by atoms with Crippen LogP contribution in [0.3, 0.4) is 0 Å². The molecule has 1 amide bonds. The third-order valence-electron chi connectivity index (χ3n) is 5.30. The van der Waals surface area contributed by atoms with Crippen LogP contribution in [-0.4, -0.2) is 46.3 Å². The molecule has 0 radical (unpaired) electrons. The normalized spacial score (nSPS) is 16.2. The largest absolute Gasteiger partial charge is 0.352 e. The Morgan fingerprint density at radius 1 is 1.21 bits per heavy atom. The Morgan fingerprint density at radius 3 is 2.61 bits per heavy atom. The lowest BCUT2D eigenvalue weighted by Crippen LogP contribution is -2.44. The van der Waals surface area contributed by atoms with E-state index in [1.165, 1.54) is 19.3 Å². The van der Waals surface area contributed by atoms with Crippen LogP contribution in [0.1, 0.15) is 43.1 Å². The van der Waals surface area contributed by atoms with Gasteiger partial charge in [-0.25, -0.2) is 4.68 Å². The van der Waals surface area contributed by atoms with Gasteiger partial charge in [0, 0.05) is 28.9 Å². The molecule has 0 saturated carbocycles. The quantitative estimate of drug-likeness (QED) is 0.753. The fraction of sp³-hybridized carbons (Fsp3) is 0.524. The molecule has 1 aliphatic rings. The smallest absolute Gasteiger partial charge is 0.224 e. The molecule has 0 spiro atoms. The number of carbonyl (C=O) groups is 1. The van der Waals surface area contributed by atoms with Crippen molar-refractivity contribution in [3.8, 4) is 5.69 Å². The molecule has 1 aromatic carbocycles. The van der Waals surface area contributed by atoms with E-state index >= 15 is 0 Å². The highest BCUT2D eigenvalue weighted by atomic mass is 35.5. The highest BCUT2D eigenvalue weighted by molar-refractivity contribution is 6.35. The molecular weight excluding hydrogens is 395 g/mol. The Kier molecular flexibility index (Phi) is 7.02. The summed E-state index contributed by atoms with van der Waals surface area (Å²) in [5.41, 5.74) is 3.45. The SMILES string of the molecule is Cc1nn(-c2ccc(Cl)cc2Cl)c(C)c1CC(=O)NC(C)CN1CCCCC1. The van der Waals surface area contributed by atoms with Gasteiger partial charge in [-0.2, -0.15) is 5.10 Å². The van der Waals surface area contributed by atoms with E-state index in [4.69, 9.17) is 23.2 Å². The van der Waals surface area contributed by atoms with Crippen molar-refractivity contribution in [1.29, 1.82) is 0 Å². The molecule has 2 heterocycles. The summed E-state index contributed by atoms with van der Waals surface area (Å²) in [6, 6.07) is 5.46. The number of nitrogens with zero attached hydrogens (tertiary/aromatic N) is 3. The van der Waals surface area contributed by atoms with Gasteiger partial charge in [0.15, 0.2) is 0 Å². The summed E-state index contributed by atoms with van der Waals surface area (Å²) in [5.74, 6) is 0.0254.